The van der Waals surface area contributed by atoms with Gasteiger partial charge in [0, 0.05) is 26.2 Å². The van der Waals surface area contributed by atoms with Crippen LogP contribution in [-0.4, -0.2) is 75.1 Å². The smallest absolute Gasteiger partial charge is 0.246 e. The van der Waals surface area contributed by atoms with Gasteiger partial charge in [-0.05, 0) is 19.2 Å². The number of rotatable bonds is 2. The van der Waals surface area contributed by atoms with Crippen molar-refractivity contribution < 1.29 is 9.90 Å². The van der Waals surface area contributed by atoms with Gasteiger partial charge in [-0.1, -0.05) is 12.1 Å². The molecule has 0 saturated carbocycles. The maximum absolute atomic E-state index is 12.3. The fourth-order valence-electron chi connectivity index (χ4n) is 2.57. The van der Waals surface area contributed by atoms with E-state index in [0.29, 0.717) is 19.6 Å². The molecule has 0 aliphatic carbocycles. The minimum atomic E-state index is -0.508. The summed E-state index contributed by atoms with van der Waals surface area (Å²) < 4.78 is 0. The minimum Gasteiger partial charge on any atom is -0.390 e. The lowest BCUT2D eigenvalue weighted by Crippen LogP contribution is -2.39. The molecule has 2 heterocycles. The third-order valence-corrected chi connectivity index (χ3v) is 3.66. The molecule has 7 heteroatoms. The second kappa shape index (κ2) is 5.79. The second-order valence-electron chi connectivity index (χ2n) is 5.47. The standard InChI is InChI=1S/C14H19N5O2/c1-17-6-7-18(9-11(20)8-17)14(21)10-19-15-12-4-2-3-5-13(12)16-19/h2-5,11,20H,6-10H2,1H3/t11-/m0/s1. The first-order chi connectivity index (χ1) is 10.1. The number of aromatic nitrogens is 3. The summed E-state index contributed by atoms with van der Waals surface area (Å²) in [5.41, 5.74) is 1.56. The quantitative estimate of drug-likeness (QED) is 0.812. The SMILES string of the molecule is CN1CCN(C(=O)Cn2nc3ccccc3n2)C[C@@H](O)C1. The molecule has 1 fully saturated rings. The summed E-state index contributed by atoms with van der Waals surface area (Å²) in [6, 6.07) is 7.52. The maximum Gasteiger partial charge on any atom is 0.246 e. The Morgan fingerprint density at radius 1 is 1.24 bits per heavy atom. The summed E-state index contributed by atoms with van der Waals surface area (Å²) in [6.45, 7) is 2.44. The van der Waals surface area contributed by atoms with Crippen molar-refractivity contribution in [2.75, 3.05) is 33.2 Å². The van der Waals surface area contributed by atoms with Gasteiger partial charge in [-0.15, -0.1) is 0 Å². The topological polar surface area (TPSA) is 74.5 Å². The highest BCUT2D eigenvalue weighted by molar-refractivity contribution is 5.77. The number of aliphatic hydroxyl groups excluding tert-OH is 1. The number of likely N-dealkylation sites (N-methyl/N-ethyl adjacent to an activating group) is 1. The number of hydrogen-bond acceptors (Lipinski definition) is 5. The first-order valence-corrected chi connectivity index (χ1v) is 7.06. The van der Waals surface area contributed by atoms with E-state index >= 15 is 0 Å². The van der Waals surface area contributed by atoms with Crippen LogP contribution in [0.15, 0.2) is 24.3 Å². The van der Waals surface area contributed by atoms with E-state index in [4.69, 9.17) is 0 Å². The molecule has 0 spiro atoms. The lowest BCUT2D eigenvalue weighted by Gasteiger charge is -2.21. The van der Waals surface area contributed by atoms with E-state index in [1.54, 1.807) is 4.90 Å². The van der Waals surface area contributed by atoms with Gasteiger partial charge in [-0.2, -0.15) is 15.0 Å². The number of carbonyl (C=O) groups is 1. The Bertz CT molecular complexity index is 608. The predicted octanol–water partition coefficient (Wildman–Crippen LogP) is -0.434. The van der Waals surface area contributed by atoms with E-state index in [0.717, 1.165) is 17.6 Å². The van der Waals surface area contributed by atoms with Crippen LogP contribution in [0.3, 0.4) is 0 Å². The van der Waals surface area contributed by atoms with Crippen LogP contribution in [0.2, 0.25) is 0 Å². The average Bonchev–Trinajstić information content (AvgIpc) is 2.76. The molecule has 2 aromatic rings. The van der Waals surface area contributed by atoms with Gasteiger partial charge in [0.15, 0.2) is 0 Å². The molecule has 1 aliphatic rings. The highest BCUT2D eigenvalue weighted by atomic mass is 16.3. The van der Waals surface area contributed by atoms with Crippen molar-refractivity contribution in [3.63, 3.8) is 0 Å². The monoisotopic (exact) mass is 289 g/mol. The molecule has 0 radical (unpaired) electrons. The number of hydrogen-bond donors (Lipinski definition) is 1. The van der Waals surface area contributed by atoms with E-state index in [9.17, 15) is 9.90 Å². The summed E-state index contributed by atoms with van der Waals surface area (Å²) in [5, 5.41) is 18.5. The normalized spacial score (nSPS) is 20.7. The van der Waals surface area contributed by atoms with Crippen LogP contribution >= 0.6 is 0 Å². The summed E-state index contributed by atoms with van der Waals surface area (Å²) in [4.78, 5) is 17.5. The van der Waals surface area contributed by atoms with Crippen LogP contribution in [0.4, 0.5) is 0 Å². The molecule has 0 unspecified atom stereocenters. The molecule has 1 aliphatic heterocycles. The maximum atomic E-state index is 12.3. The highest BCUT2D eigenvalue weighted by Gasteiger charge is 2.23. The first kappa shape index (κ1) is 14.0. The van der Waals surface area contributed by atoms with Gasteiger partial charge in [-0.3, -0.25) is 4.79 Å². The van der Waals surface area contributed by atoms with Crippen LogP contribution in [0.5, 0.6) is 0 Å². The van der Waals surface area contributed by atoms with Crippen molar-refractivity contribution in [2.45, 2.75) is 12.6 Å². The number of fused-ring (bicyclic) bond motifs is 1. The third kappa shape index (κ3) is 3.20. The van der Waals surface area contributed by atoms with Gasteiger partial charge >= 0.3 is 0 Å². The summed E-state index contributed by atoms with van der Waals surface area (Å²) in [7, 11) is 1.94. The number of amides is 1. The number of nitrogens with zero attached hydrogens (tertiary/aromatic N) is 5. The summed E-state index contributed by atoms with van der Waals surface area (Å²) in [5.74, 6) is -0.0651. The Morgan fingerprint density at radius 2 is 1.90 bits per heavy atom. The molecule has 21 heavy (non-hydrogen) atoms. The molecule has 1 amide bonds. The number of benzene rings is 1. The number of aliphatic hydroxyl groups is 1. The van der Waals surface area contributed by atoms with Crippen LogP contribution in [0.25, 0.3) is 11.0 Å². The molecule has 1 aromatic carbocycles. The van der Waals surface area contributed by atoms with Crippen LogP contribution < -0.4 is 0 Å². The third-order valence-electron chi connectivity index (χ3n) is 3.66. The average molecular weight is 289 g/mol. The molecule has 3 rings (SSSR count). The lowest BCUT2D eigenvalue weighted by atomic mass is 10.3. The van der Waals surface area contributed by atoms with Crippen LogP contribution in [0.1, 0.15) is 0 Å². The Labute approximate surface area is 122 Å². The Balaban J connectivity index is 1.70. The van der Waals surface area contributed by atoms with Gasteiger partial charge in [0.2, 0.25) is 5.91 Å². The van der Waals surface area contributed by atoms with Crippen molar-refractivity contribution in [1.29, 1.82) is 0 Å². The van der Waals surface area contributed by atoms with Crippen molar-refractivity contribution in [2.24, 2.45) is 0 Å². The number of carbonyl (C=O) groups excluding carboxylic acids is 1. The molecule has 1 atom stereocenters. The van der Waals surface area contributed by atoms with Crippen molar-refractivity contribution >= 4 is 16.9 Å². The zero-order chi connectivity index (χ0) is 14.8. The van der Waals surface area contributed by atoms with E-state index in [1.165, 1.54) is 4.80 Å². The van der Waals surface area contributed by atoms with E-state index in [1.807, 2.05) is 36.2 Å². The second-order valence-corrected chi connectivity index (χ2v) is 5.47. The minimum absolute atomic E-state index is 0.0651. The molecule has 112 valence electrons. The van der Waals surface area contributed by atoms with Crippen LogP contribution in [-0.2, 0) is 11.3 Å². The molecule has 0 bridgehead atoms. The van der Waals surface area contributed by atoms with E-state index < -0.39 is 6.10 Å². The fourth-order valence-corrected chi connectivity index (χ4v) is 2.57. The molecule has 1 saturated heterocycles. The van der Waals surface area contributed by atoms with Crippen molar-refractivity contribution in [3.05, 3.63) is 24.3 Å². The van der Waals surface area contributed by atoms with Gasteiger partial charge in [0.25, 0.3) is 0 Å². The molecule has 1 N–H and O–H groups in total. The Kier molecular flexibility index (Phi) is 3.85. The molecular weight excluding hydrogens is 270 g/mol. The van der Waals surface area contributed by atoms with Gasteiger partial charge in [0.05, 0.1) is 6.10 Å². The highest BCUT2D eigenvalue weighted by Crippen LogP contribution is 2.08. The van der Waals surface area contributed by atoms with Gasteiger partial charge < -0.3 is 14.9 Å². The lowest BCUT2D eigenvalue weighted by molar-refractivity contribution is -0.133. The number of β-amino-alcohol motifs (C(OH)–C–C–N with tert-alkyl or cyclic N) is 1. The van der Waals surface area contributed by atoms with E-state index in [2.05, 4.69) is 10.2 Å². The molecule has 1 aromatic heterocycles. The van der Waals surface area contributed by atoms with Gasteiger partial charge in [0.1, 0.15) is 17.6 Å². The Hall–Kier alpha value is -1.99. The van der Waals surface area contributed by atoms with E-state index in [-0.39, 0.29) is 12.5 Å². The van der Waals surface area contributed by atoms with Gasteiger partial charge in [-0.25, -0.2) is 0 Å². The first-order valence-electron chi connectivity index (χ1n) is 7.06. The zero-order valence-electron chi connectivity index (χ0n) is 12.0. The van der Waals surface area contributed by atoms with Crippen molar-refractivity contribution in [3.8, 4) is 0 Å². The van der Waals surface area contributed by atoms with Crippen molar-refractivity contribution in [1.82, 2.24) is 24.8 Å². The zero-order valence-corrected chi connectivity index (χ0v) is 12.0. The summed E-state index contributed by atoms with van der Waals surface area (Å²) >= 11 is 0. The molecule has 7 nitrogen and oxygen atoms in total. The Morgan fingerprint density at radius 3 is 2.57 bits per heavy atom. The predicted molar refractivity (Wildman–Crippen MR) is 77.6 cm³/mol. The van der Waals surface area contributed by atoms with Crippen LogP contribution in [0, 0.1) is 0 Å². The largest absolute Gasteiger partial charge is 0.390 e. The fraction of sp³-hybridized carbons (Fsp3) is 0.500. The summed E-state index contributed by atoms with van der Waals surface area (Å²) in [6.07, 6.45) is -0.508. The molecular formula is C14H19N5O2.